The number of primary amides is 1. The molecule has 13 amide bonds. The smallest absolute Gasteiger partial charge is 0.322 e. The number of aliphatic hydroxyl groups excluding tert-OH is 1. The van der Waals surface area contributed by atoms with Crippen molar-refractivity contribution in [3.05, 3.63) is 90.7 Å². The molecule has 8 atom stereocenters. The molecule has 94 heavy (non-hydrogen) atoms. The van der Waals surface area contributed by atoms with Crippen molar-refractivity contribution in [3.8, 4) is 0 Å². The van der Waals surface area contributed by atoms with Crippen molar-refractivity contribution in [1.82, 2.24) is 98.7 Å². The number of carboxylic acids is 1. The second kappa shape index (κ2) is 36.7. The monoisotopic (exact) mass is 1310 g/mol. The van der Waals surface area contributed by atoms with Gasteiger partial charge in [-0.15, -0.1) is 0 Å². The summed E-state index contributed by atoms with van der Waals surface area (Å²) < 4.78 is 0. The van der Waals surface area contributed by atoms with Crippen LogP contribution in [0.3, 0.4) is 0 Å². The van der Waals surface area contributed by atoms with E-state index < -0.39 is 195 Å². The first-order valence-corrected chi connectivity index (χ1v) is 29.5. The number of nitrogens with one attached hydrogen (secondary N) is 16. The first-order chi connectivity index (χ1) is 44.7. The first kappa shape index (κ1) is 73.6. The molecular weight excluding hydrogens is 1230 g/mol. The molecule has 0 aliphatic rings. The lowest BCUT2D eigenvalue weighted by Crippen LogP contribution is -2.58. The summed E-state index contributed by atoms with van der Waals surface area (Å²) in [5, 5.41) is 48.7. The van der Waals surface area contributed by atoms with Crippen molar-refractivity contribution in [3.63, 3.8) is 0 Å². The molecule has 508 valence electrons. The standard InChI is InChI=1S/C57H79N21O16/c1-28(2)48(56(93)75-40(14-33-18-62-27-71-33)53(90)68-23-47(85)86)78-46(84)22-66-52(89)39(13-32-17-61-26-70-32)74-55(92)37(9-10-42(59)80)72-43(81)19-65-51(88)38(12-31-16-60-25-69-31)73-44(82)20-67-54(91)41(24-79)76-57(94)49(29(3)4)77-45(83)21-64-50(87)35(58)11-30-15-63-36-8-6-5-7-34(30)36/h5-8,15-18,25-29,35,37-41,48-49,63,79H,9-14,19-24,58H2,1-4H3,(H2,59,80)(H,60,69)(H,61,70)(H,62,71)(H,64,87)(H,65,88)(H,66,89)(H,67,91)(H,68,90)(H,72,81)(H,73,82)(H,74,92)(H,75,93)(H,76,94)(H,77,83)(H,78,84)(H,85,86)/t35-,37-,38-,39-,40-,41-,48-,49-/m0/s1. The van der Waals surface area contributed by atoms with Crippen LogP contribution in [0.5, 0.6) is 0 Å². The fraction of sp³-hybridized carbons (Fsp3) is 0.456. The largest absolute Gasteiger partial charge is 0.480 e. The van der Waals surface area contributed by atoms with Crippen LogP contribution in [0.25, 0.3) is 10.9 Å². The molecule has 0 radical (unpaired) electrons. The highest BCUT2D eigenvalue weighted by molar-refractivity contribution is 5.98. The van der Waals surface area contributed by atoms with E-state index in [4.69, 9.17) is 16.6 Å². The summed E-state index contributed by atoms with van der Waals surface area (Å²) in [5.74, 6) is -14.2. The van der Waals surface area contributed by atoms with Crippen molar-refractivity contribution < 1.29 is 77.3 Å². The predicted molar refractivity (Wildman–Crippen MR) is 328 cm³/mol. The van der Waals surface area contributed by atoms with E-state index in [0.29, 0.717) is 17.1 Å². The van der Waals surface area contributed by atoms with Gasteiger partial charge in [0.2, 0.25) is 76.8 Å². The Morgan fingerprint density at radius 1 is 0.468 bits per heavy atom. The van der Waals surface area contributed by atoms with Gasteiger partial charge in [-0.1, -0.05) is 45.9 Å². The van der Waals surface area contributed by atoms with Gasteiger partial charge in [-0.2, -0.15) is 0 Å². The van der Waals surface area contributed by atoms with Crippen molar-refractivity contribution in [2.24, 2.45) is 23.3 Å². The number of H-pyrrole nitrogens is 4. The van der Waals surface area contributed by atoms with Crippen molar-refractivity contribution in [1.29, 1.82) is 0 Å². The van der Waals surface area contributed by atoms with Crippen LogP contribution in [0.2, 0.25) is 0 Å². The number of rotatable bonds is 39. The van der Waals surface area contributed by atoms with Crippen LogP contribution >= 0.6 is 0 Å². The highest BCUT2D eigenvalue weighted by Gasteiger charge is 2.34. The highest BCUT2D eigenvalue weighted by atomic mass is 16.4. The lowest BCUT2D eigenvalue weighted by atomic mass is 10.0. The molecule has 37 heteroatoms. The molecule has 0 saturated carbocycles. The van der Waals surface area contributed by atoms with Gasteiger partial charge in [0.25, 0.3) is 0 Å². The molecule has 0 spiro atoms. The van der Waals surface area contributed by atoms with E-state index in [2.05, 4.69) is 98.7 Å². The summed E-state index contributed by atoms with van der Waals surface area (Å²) in [6, 6.07) is -3.68. The van der Waals surface area contributed by atoms with E-state index in [-0.39, 0.29) is 25.7 Å². The average Bonchev–Trinajstić information content (AvgIpc) is 1.67. The normalized spacial score (nSPS) is 13.6. The number of hydrogen-bond donors (Lipinski definition) is 20. The van der Waals surface area contributed by atoms with Crippen LogP contribution in [0, 0.1) is 11.8 Å². The first-order valence-electron chi connectivity index (χ1n) is 29.5. The Labute approximate surface area is 536 Å². The third-order valence-electron chi connectivity index (χ3n) is 14.1. The van der Waals surface area contributed by atoms with Gasteiger partial charge < -0.3 is 105 Å². The molecule has 0 saturated heterocycles. The van der Waals surface area contributed by atoms with Gasteiger partial charge in [0, 0.05) is 78.5 Å². The van der Waals surface area contributed by atoms with Crippen molar-refractivity contribution in [2.45, 2.75) is 115 Å². The molecule has 5 rings (SSSR count). The quantitative estimate of drug-likeness (QED) is 0.0174. The number of amides is 13. The van der Waals surface area contributed by atoms with Crippen LogP contribution in [-0.2, 0) is 92.8 Å². The number of aromatic amines is 4. The summed E-state index contributed by atoms with van der Waals surface area (Å²) in [4.78, 5) is 207. The summed E-state index contributed by atoms with van der Waals surface area (Å²) >= 11 is 0. The van der Waals surface area contributed by atoms with E-state index >= 15 is 0 Å². The number of aliphatic carboxylic acids is 1. The van der Waals surface area contributed by atoms with Gasteiger partial charge >= 0.3 is 5.97 Å². The second-order valence-corrected chi connectivity index (χ2v) is 22.2. The maximum Gasteiger partial charge on any atom is 0.322 e. The van der Waals surface area contributed by atoms with E-state index in [1.165, 1.54) is 37.6 Å². The van der Waals surface area contributed by atoms with Crippen LogP contribution < -0.4 is 75.3 Å². The SMILES string of the molecule is CC(C)[C@H](NC(=O)CNC(=O)[C@@H](N)Cc1c[nH]c2ccccc12)C(=O)N[C@@H](CO)C(=O)NCC(=O)N[C@@H](Cc1cnc[nH]1)C(=O)NCC(=O)N[C@@H](CCC(N)=O)C(=O)N[C@@H](Cc1cnc[nH]1)C(=O)NCC(=O)N[C@H](C(=O)N[C@@H](Cc1cnc[nH]1)C(=O)NCC(=O)O)C(C)C. The predicted octanol–water partition coefficient (Wildman–Crippen LogP) is -7.44. The molecule has 0 unspecified atom stereocenters. The summed E-state index contributed by atoms with van der Waals surface area (Å²) in [6.45, 7) is 1.66. The zero-order chi connectivity index (χ0) is 69.0. The van der Waals surface area contributed by atoms with Crippen molar-refractivity contribution in [2.75, 3.05) is 39.3 Å². The van der Waals surface area contributed by atoms with Crippen molar-refractivity contribution >= 4 is 93.7 Å². The third-order valence-corrected chi connectivity index (χ3v) is 14.1. The third kappa shape index (κ3) is 24.3. The number of aromatic nitrogens is 7. The van der Waals surface area contributed by atoms with Gasteiger partial charge in [-0.3, -0.25) is 67.1 Å². The molecule has 4 heterocycles. The minimum absolute atomic E-state index is 0.131. The number of hydrogen-bond acceptors (Lipinski definition) is 19. The highest BCUT2D eigenvalue weighted by Crippen LogP contribution is 2.19. The number of carbonyl (C=O) groups is 14. The second-order valence-electron chi connectivity index (χ2n) is 22.2. The van der Waals surface area contributed by atoms with E-state index in [0.717, 1.165) is 16.5 Å². The number of carboxylic acid groups (broad SMARTS) is 1. The molecule has 0 bridgehead atoms. The maximum absolute atomic E-state index is 14.0. The Morgan fingerprint density at radius 2 is 0.862 bits per heavy atom. The van der Waals surface area contributed by atoms with E-state index in [1.807, 2.05) is 24.3 Å². The van der Waals surface area contributed by atoms with Gasteiger partial charge in [0.1, 0.15) is 48.8 Å². The number of nitrogens with zero attached hydrogens (tertiary/aromatic N) is 3. The van der Waals surface area contributed by atoms with Gasteiger partial charge in [0.05, 0.1) is 57.8 Å². The topological polar surface area (TPSA) is 578 Å². The number of benzene rings is 1. The summed E-state index contributed by atoms with van der Waals surface area (Å²) in [7, 11) is 0. The van der Waals surface area contributed by atoms with Gasteiger partial charge in [-0.05, 0) is 36.3 Å². The molecule has 1 aromatic carbocycles. The number of carbonyl (C=O) groups excluding carboxylic acids is 13. The molecule has 0 aliphatic heterocycles. The van der Waals surface area contributed by atoms with Crippen LogP contribution in [0.1, 0.15) is 63.2 Å². The number of nitrogens with two attached hydrogens (primary N) is 2. The molecule has 22 N–H and O–H groups in total. The Kier molecular flexibility index (Phi) is 28.7. The van der Waals surface area contributed by atoms with Crippen LogP contribution in [-0.4, -0.2) is 216 Å². The van der Waals surface area contributed by atoms with E-state index in [9.17, 15) is 72.2 Å². The average molecular weight is 1310 g/mol. The van der Waals surface area contributed by atoms with Gasteiger partial charge in [-0.25, -0.2) is 15.0 Å². The van der Waals surface area contributed by atoms with Crippen LogP contribution in [0.15, 0.2) is 68.0 Å². The lowest BCUT2D eigenvalue weighted by Gasteiger charge is -2.25. The molecular formula is C57H79N21O16. The zero-order valence-electron chi connectivity index (χ0n) is 51.7. The number of aliphatic hydroxyl groups is 1. The fourth-order valence-corrected chi connectivity index (χ4v) is 9.12. The zero-order valence-corrected chi connectivity index (χ0v) is 51.7. The summed E-state index contributed by atoms with van der Waals surface area (Å²) in [5.41, 5.74) is 14.2. The van der Waals surface area contributed by atoms with Crippen LogP contribution in [0.4, 0.5) is 0 Å². The Bertz CT molecular complexity index is 3430. The number of fused-ring (bicyclic) bond motifs is 1. The molecule has 4 aromatic heterocycles. The Hall–Kier alpha value is -11.1. The Balaban J connectivity index is 1.14. The fourth-order valence-electron chi connectivity index (χ4n) is 9.12. The molecule has 37 nitrogen and oxygen atoms in total. The number of para-hydroxylation sites is 1. The molecule has 0 aliphatic carbocycles. The number of imidazole rings is 3. The minimum atomic E-state index is -1.65. The minimum Gasteiger partial charge on any atom is -0.480 e. The lowest BCUT2D eigenvalue weighted by molar-refractivity contribution is -0.138. The summed E-state index contributed by atoms with van der Waals surface area (Å²) in [6.07, 6.45) is 8.31. The molecule has 5 aromatic rings. The van der Waals surface area contributed by atoms with Gasteiger partial charge in [0.15, 0.2) is 0 Å². The van der Waals surface area contributed by atoms with E-state index in [1.54, 1.807) is 33.9 Å². The molecule has 0 fully saturated rings. The maximum atomic E-state index is 14.0. The Morgan fingerprint density at radius 3 is 1.29 bits per heavy atom.